The fraction of sp³-hybridized carbons (Fsp3) is 0.600. The van der Waals surface area contributed by atoms with Crippen molar-refractivity contribution in [2.24, 2.45) is 0 Å². The van der Waals surface area contributed by atoms with Crippen molar-refractivity contribution >= 4 is 11.9 Å². The van der Waals surface area contributed by atoms with Gasteiger partial charge < -0.3 is 14.6 Å². The standard InChI is InChI=1S/C20H30O5/c1-3-4-5-6-7-8-9-10-11-12-19(22)25-16-13-14-18(21)17(15-16)20(23)24-2/h13-15,21H,3-12H2,1-2H3. The van der Waals surface area contributed by atoms with Gasteiger partial charge in [-0.15, -0.1) is 0 Å². The Hall–Kier alpha value is -2.04. The number of carbonyl (C=O) groups is 2. The van der Waals surface area contributed by atoms with Crippen molar-refractivity contribution < 1.29 is 24.2 Å². The minimum Gasteiger partial charge on any atom is -0.507 e. The summed E-state index contributed by atoms with van der Waals surface area (Å²) in [6, 6.07) is 4.08. The van der Waals surface area contributed by atoms with Crippen molar-refractivity contribution in [1.82, 2.24) is 0 Å². The largest absolute Gasteiger partial charge is 0.507 e. The van der Waals surface area contributed by atoms with Gasteiger partial charge in [-0.3, -0.25) is 4.79 Å². The highest BCUT2D eigenvalue weighted by molar-refractivity contribution is 5.93. The summed E-state index contributed by atoms with van der Waals surface area (Å²) in [7, 11) is 1.23. The normalized spacial score (nSPS) is 10.5. The molecule has 0 bridgehead atoms. The minimum atomic E-state index is -0.672. The van der Waals surface area contributed by atoms with Crippen molar-refractivity contribution in [3.63, 3.8) is 0 Å². The highest BCUT2D eigenvalue weighted by Crippen LogP contribution is 2.24. The first kappa shape index (κ1) is 21.0. The van der Waals surface area contributed by atoms with Crippen LogP contribution in [0.5, 0.6) is 11.5 Å². The predicted octanol–water partition coefficient (Wildman–Crippen LogP) is 5.01. The van der Waals surface area contributed by atoms with Crippen LogP contribution in [-0.4, -0.2) is 24.2 Å². The lowest BCUT2D eigenvalue weighted by atomic mass is 10.1. The number of carbonyl (C=O) groups excluding carboxylic acids is 2. The molecule has 0 fully saturated rings. The molecule has 5 nitrogen and oxygen atoms in total. The van der Waals surface area contributed by atoms with E-state index >= 15 is 0 Å². The second kappa shape index (κ2) is 12.3. The highest BCUT2D eigenvalue weighted by atomic mass is 16.5. The van der Waals surface area contributed by atoms with Crippen LogP contribution in [0.2, 0.25) is 0 Å². The summed E-state index contributed by atoms with van der Waals surface area (Å²) in [5.41, 5.74) is -0.0177. The molecule has 0 aliphatic heterocycles. The molecule has 0 unspecified atom stereocenters. The van der Waals surface area contributed by atoms with Gasteiger partial charge in [0.2, 0.25) is 0 Å². The van der Waals surface area contributed by atoms with Crippen LogP contribution in [0.4, 0.5) is 0 Å². The van der Waals surface area contributed by atoms with Crippen molar-refractivity contribution in [1.29, 1.82) is 0 Å². The SMILES string of the molecule is CCCCCCCCCCCC(=O)Oc1ccc(O)c(C(=O)OC)c1. The summed E-state index contributed by atoms with van der Waals surface area (Å²) in [6.45, 7) is 2.22. The first-order valence-corrected chi connectivity index (χ1v) is 9.20. The third kappa shape index (κ3) is 8.57. The van der Waals surface area contributed by atoms with E-state index in [1.807, 2.05) is 0 Å². The Labute approximate surface area is 150 Å². The Kier molecular flexibility index (Phi) is 10.4. The molecule has 1 aromatic carbocycles. The second-order valence-corrected chi connectivity index (χ2v) is 6.22. The fourth-order valence-electron chi connectivity index (χ4n) is 2.61. The van der Waals surface area contributed by atoms with E-state index in [1.54, 1.807) is 0 Å². The number of unbranched alkanes of at least 4 members (excludes halogenated alkanes) is 8. The maximum atomic E-state index is 11.9. The monoisotopic (exact) mass is 350 g/mol. The molecule has 5 heteroatoms. The van der Waals surface area contributed by atoms with Gasteiger partial charge in [0, 0.05) is 6.42 Å². The van der Waals surface area contributed by atoms with Gasteiger partial charge in [0.15, 0.2) is 0 Å². The van der Waals surface area contributed by atoms with Crippen molar-refractivity contribution in [2.75, 3.05) is 7.11 Å². The molecule has 0 amide bonds. The van der Waals surface area contributed by atoms with Gasteiger partial charge in [-0.1, -0.05) is 58.3 Å². The first-order chi connectivity index (χ1) is 12.1. The lowest BCUT2D eigenvalue weighted by Crippen LogP contribution is -2.09. The van der Waals surface area contributed by atoms with E-state index in [0.29, 0.717) is 6.42 Å². The third-order valence-corrected chi connectivity index (χ3v) is 4.09. The van der Waals surface area contributed by atoms with Crippen LogP contribution < -0.4 is 4.74 Å². The van der Waals surface area contributed by atoms with E-state index in [2.05, 4.69) is 11.7 Å². The average Bonchev–Trinajstić information content (AvgIpc) is 2.61. The molecule has 0 aliphatic rings. The molecular weight excluding hydrogens is 320 g/mol. The van der Waals surface area contributed by atoms with Crippen molar-refractivity contribution in [3.05, 3.63) is 23.8 Å². The quantitative estimate of drug-likeness (QED) is 0.326. The van der Waals surface area contributed by atoms with E-state index in [9.17, 15) is 14.7 Å². The molecule has 1 rings (SSSR count). The van der Waals surface area contributed by atoms with E-state index in [-0.39, 0.29) is 23.0 Å². The Balaban J connectivity index is 2.23. The number of phenolic OH excluding ortho intramolecular Hbond substituents is 1. The maximum Gasteiger partial charge on any atom is 0.341 e. The van der Waals surface area contributed by atoms with E-state index < -0.39 is 5.97 Å². The number of hydrogen-bond acceptors (Lipinski definition) is 5. The van der Waals surface area contributed by atoms with Gasteiger partial charge in [-0.05, 0) is 24.6 Å². The second-order valence-electron chi connectivity index (χ2n) is 6.22. The molecule has 0 radical (unpaired) electrons. The molecule has 1 aromatic rings. The maximum absolute atomic E-state index is 11.9. The Morgan fingerprint density at radius 1 is 0.960 bits per heavy atom. The number of rotatable bonds is 12. The predicted molar refractivity (Wildman–Crippen MR) is 96.9 cm³/mol. The molecular formula is C20H30O5. The van der Waals surface area contributed by atoms with Crippen molar-refractivity contribution in [2.45, 2.75) is 71.1 Å². The number of ether oxygens (including phenoxy) is 2. The summed E-state index contributed by atoms with van der Waals surface area (Å²) in [5.74, 6) is -0.969. The Morgan fingerprint density at radius 2 is 1.56 bits per heavy atom. The zero-order chi connectivity index (χ0) is 18.5. The molecule has 0 saturated heterocycles. The molecule has 0 saturated carbocycles. The molecule has 0 aliphatic carbocycles. The molecule has 0 atom stereocenters. The zero-order valence-corrected chi connectivity index (χ0v) is 15.4. The molecule has 1 N–H and O–H groups in total. The third-order valence-electron chi connectivity index (χ3n) is 4.09. The van der Waals surface area contributed by atoms with Crippen LogP contribution in [0.1, 0.15) is 81.5 Å². The summed E-state index contributed by atoms with van der Waals surface area (Å²) in [4.78, 5) is 23.4. The highest BCUT2D eigenvalue weighted by Gasteiger charge is 2.14. The van der Waals surface area contributed by atoms with E-state index in [0.717, 1.165) is 19.3 Å². The van der Waals surface area contributed by atoms with Crippen molar-refractivity contribution in [3.8, 4) is 11.5 Å². The minimum absolute atomic E-state index is 0.0177. The zero-order valence-electron chi connectivity index (χ0n) is 15.4. The number of aromatic hydroxyl groups is 1. The number of benzene rings is 1. The van der Waals surface area contributed by atoms with Gasteiger partial charge in [0.1, 0.15) is 17.1 Å². The van der Waals surface area contributed by atoms with Gasteiger partial charge in [-0.25, -0.2) is 4.79 Å². The molecule has 0 spiro atoms. The van der Waals surface area contributed by atoms with Gasteiger partial charge >= 0.3 is 11.9 Å². The molecule has 140 valence electrons. The van der Waals surface area contributed by atoms with Crippen LogP contribution in [0.15, 0.2) is 18.2 Å². The number of hydrogen-bond donors (Lipinski definition) is 1. The molecule has 0 aromatic heterocycles. The number of phenols is 1. The summed E-state index contributed by atoms with van der Waals surface area (Å²) in [6.07, 6.45) is 11.0. The van der Waals surface area contributed by atoms with Gasteiger partial charge in [0.25, 0.3) is 0 Å². The Morgan fingerprint density at radius 3 is 2.16 bits per heavy atom. The van der Waals surface area contributed by atoms with E-state index in [4.69, 9.17) is 4.74 Å². The van der Waals surface area contributed by atoms with Crippen LogP contribution in [0, 0.1) is 0 Å². The summed E-state index contributed by atoms with van der Waals surface area (Å²) >= 11 is 0. The number of esters is 2. The summed E-state index contributed by atoms with van der Waals surface area (Å²) in [5, 5.41) is 9.62. The molecule has 25 heavy (non-hydrogen) atoms. The smallest absolute Gasteiger partial charge is 0.341 e. The number of methoxy groups -OCH3 is 1. The van der Waals surface area contributed by atoms with Gasteiger partial charge in [0.05, 0.1) is 7.11 Å². The van der Waals surface area contributed by atoms with Crippen LogP contribution >= 0.6 is 0 Å². The Bertz CT molecular complexity index is 539. The topological polar surface area (TPSA) is 72.8 Å². The van der Waals surface area contributed by atoms with Crippen LogP contribution in [0.3, 0.4) is 0 Å². The van der Waals surface area contributed by atoms with Crippen LogP contribution in [0.25, 0.3) is 0 Å². The lowest BCUT2D eigenvalue weighted by Gasteiger charge is -2.07. The first-order valence-electron chi connectivity index (χ1n) is 9.20. The summed E-state index contributed by atoms with van der Waals surface area (Å²) < 4.78 is 9.79. The van der Waals surface area contributed by atoms with Gasteiger partial charge in [-0.2, -0.15) is 0 Å². The fourth-order valence-corrected chi connectivity index (χ4v) is 2.61. The van der Waals surface area contributed by atoms with E-state index in [1.165, 1.54) is 63.8 Å². The van der Waals surface area contributed by atoms with Crippen LogP contribution in [-0.2, 0) is 9.53 Å². The average molecular weight is 350 g/mol. The molecule has 0 heterocycles. The lowest BCUT2D eigenvalue weighted by molar-refractivity contribution is -0.134.